The number of hydrogen-bond acceptors (Lipinski definition) is 3. The molecule has 2 aliphatic rings. The first-order valence-electron chi connectivity index (χ1n) is 8.31. The predicted octanol–water partition coefficient (Wildman–Crippen LogP) is 3.48. The zero-order valence-corrected chi connectivity index (χ0v) is 13.6. The predicted molar refractivity (Wildman–Crippen MR) is 87.3 cm³/mol. The van der Waals surface area contributed by atoms with Crippen LogP contribution in [0.25, 0.3) is 0 Å². The number of rotatable bonds is 4. The van der Waals surface area contributed by atoms with Crippen LogP contribution < -0.4 is 10.6 Å². The summed E-state index contributed by atoms with van der Waals surface area (Å²) in [5.74, 6) is 1.09. The summed E-state index contributed by atoms with van der Waals surface area (Å²) in [4.78, 5) is 14.0. The molecule has 1 aromatic rings. The third kappa shape index (κ3) is 3.67. The largest absolute Gasteiger partial charge is 0.348 e. The molecule has 1 saturated heterocycles. The molecule has 0 spiro atoms. The number of hydrogen-bond donors (Lipinski definition) is 2. The SMILES string of the molecule is CC1CC(C(=O)NC(c2cccs2)C2CCCC2)CCN1. The van der Waals surface area contributed by atoms with Gasteiger partial charge in [-0.25, -0.2) is 0 Å². The Balaban J connectivity index is 1.67. The molecule has 0 aromatic carbocycles. The van der Waals surface area contributed by atoms with E-state index < -0.39 is 0 Å². The lowest BCUT2D eigenvalue weighted by Gasteiger charge is -2.30. The number of amides is 1. The molecule has 0 bridgehead atoms. The molecule has 3 unspecified atom stereocenters. The molecule has 1 aliphatic heterocycles. The van der Waals surface area contributed by atoms with Crippen LogP contribution in [-0.4, -0.2) is 18.5 Å². The van der Waals surface area contributed by atoms with Gasteiger partial charge >= 0.3 is 0 Å². The van der Waals surface area contributed by atoms with Gasteiger partial charge < -0.3 is 10.6 Å². The van der Waals surface area contributed by atoms with Gasteiger partial charge in [0.2, 0.25) is 5.91 Å². The minimum Gasteiger partial charge on any atom is -0.348 e. The maximum atomic E-state index is 12.7. The van der Waals surface area contributed by atoms with E-state index in [1.54, 1.807) is 11.3 Å². The molecule has 116 valence electrons. The minimum absolute atomic E-state index is 0.185. The Hall–Kier alpha value is -0.870. The standard InChI is InChI=1S/C17H26N2OS/c1-12-11-14(8-9-18-12)17(20)19-16(13-5-2-3-6-13)15-7-4-10-21-15/h4,7,10,12-14,16,18H,2-3,5-6,8-9,11H2,1H3,(H,19,20). The van der Waals surface area contributed by atoms with Crippen molar-refractivity contribution in [1.82, 2.24) is 10.6 Å². The van der Waals surface area contributed by atoms with E-state index in [2.05, 4.69) is 35.1 Å². The summed E-state index contributed by atoms with van der Waals surface area (Å²) < 4.78 is 0. The van der Waals surface area contributed by atoms with E-state index in [9.17, 15) is 4.79 Å². The van der Waals surface area contributed by atoms with Crippen molar-refractivity contribution < 1.29 is 4.79 Å². The van der Waals surface area contributed by atoms with Crippen LogP contribution in [0.4, 0.5) is 0 Å². The summed E-state index contributed by atoms with van der Waals surface area (Å²) >= 11 is 1.78. The zero-order valence-electron chi connectivity index (χ0n) is 12.8. The average Bonchev–Trinajstić information content (AvgIpc) is 3.18. The van der Waals surface area contributed by atoms with Crippen LogP contribution >= 0.6 is 11.3 Å². The van der Waals surface area contributed by atoms with Gasteiger partial charge in [-0.2, -0.15) is 0 Å². The van der Waals surface area contributed by atoms with Crippen LogP contribution in [0, 0.1) is 11.8 Å². The van der Waals surface area contributed by atoms with E-state index in [4.69, 9.17) is 0 Å². The molecular formula is C17H26N2OS. The molecule has 21 heavy (non-hydrogen) atoms. The van der Waals surface area contributed by atoms with Gasteiger partial charge in [-0.3, -0.25) is 4.79 Å². The molecule has 2 N–H and O–H groups in total. The van der Waals surface area contributed by atoms with Crippen LogP contribution in [0.2, 0.25) is 0 Å². The highest BCUT2D eigenvalue weighted by Gasteiger charge is 2.31. The van der Waals surface area contributed by atoms with Crippen molar-refractivity contribution in [1.29, 1.82) is 0 Å². The molecule has 1 aliphatic carbocycles. The first-order chi connectivity index (χ1) is 10.2. The topological polar surface area (TPSA) is 41.1 Å². The Morgan fingerprint density at radius 1 is 1.38 bits per heavy atom. The van der Waals surface area contributed by atoms with Crippen molar-refractivity contribution in [2.24, 2.45) is 11.8 Å². The third-order valence-electron chi connectivity index (χ3n) is 5.01. The van der Waals surface area contributed by atoms with Crippen molar-refractivity contribution in [3.63, 3.8) is 0 Å². The van der Waals surface area contributed by atoms with Gasteiger partial charge in [0.25, 0.3) is 0 Å². The number of carbonyl (C=O) groups excluding carboxylic acids is 1. The van der Waals surface area contributed by atoms with Gasteiger partial charge in [0.15, 0.2) is 0 Å². The molecule has 4 heteroatoms. The Morgan fingerprint density at radius 3 is 2.86 bits per heavy atom. The first-order valence-corrected chi connectivity index (χ1v) is 9.19. The van der Waals surface area contributed by atoms with Gasteiger partial charge in [-0.1, -0.05) is 18.9 Å². The summed E-state index contributed by atoms with van der Waals surface area (Å²) in [5.41, 5.74) is 0. The van der Waals surface area contributed by atoms with Crippen LogP contribution in [0.1, 0.15) is 56.4 Å². The van der Waals surface area contributed by atoms with E-state index in [-0.39, 0.29) is 17.9 Å². The summed E-state index contributed by atoms with van der Waals surface area (Å²) in [6.07, 6.45) is 7.07. The van der Waals surface area contributed by atoms with E-state index >= 15 is 0 Å². The van der Waals surface area contributed by atoms with E-state index in [1.165, 1.54) is 30.6 Å². The highest BCUT2D eigenvalue weighted by molar-refractivity contribution is 7.10. The number of carbonyl (C=O) groups is 1. The van der Waals surface area contributed by atoms with Crippen LogP contribution in [0.3, 0.4) is 0 Å². The molecule has 0 radical (unpaired) electrons. The number of nitrogens with one attached hydrogen (secondary N) is 2. The molecule has 3 atom stereocenters. The number of piperidine rings is 1. The van der Waals surface area contributed by atoms with E-state index in [0.717, 1.165) is 19.4 Å². The highest BCUT2D eigenvalue weighted by Crippen LogP contribution is 2.37. The minimum atomic E-state index is 0.185. The fourth-order valence-corrected chi connectivity index (χ4v) is 4.69. The van der Waals surface area contributed by atoms with E-state index in [0.29, 0.717) is 12.0 Å². The molecule has 1 amide bonds. The van der Waals surface area contributed by atoms with Gasteiger partial charge in [0.05, 0.1) is 6.04 Å². The zero-order chi connectivity index (χ0) is 14.7. The lowest BCUT2D eigenvalue weighted by molar-refractivity contribution is -0.127. The molecule has 1 aromatic heterocycles. The molecule has 2 heterocycles. The summed E-state index contributed by atoms with van der Waals surface area (Å²) in [6.45, 7) is 3.14. The van der Waals surface area contributed by atoms with Crippen molar-refractivity contribution in [2.45, 2.75) is 57.5 Å². The summed E-state index contributed by atoms with van der Waals surface area (Å²) in [5, 5.41) is 8.94. The van der Waals surface area contributed by atoms with Crippen molar-refractivity contribution >= 4 is 17.2 Å². The maximum absolute atomic E-state index is 12.7. The summed E-state index contributed by atoms with van der Waals surface area (Å²) in [6, 6.07) is 4.98. The van der Waals surface area contributed by atoms with Crippen LogP contribution in [0.15, 0.2) is 17.5 Å². The van der Waals surface area contributed by atoms with Crippen molar-refractivity contribution in [3.05, 3.63) is 22.4 Å². The quantitative estimate of drug-likeness (QED) is 0.894. The van der Waals surface area contributed by atoms with Crippen LogP contribution in [-0.2, 0) is 4.79 Å². The monoisotopic (exact) mass is 306 g/mol. The lowest BCUT2D eigenvalue weighted by Crippen LogP contribution is -2.44. The van der Waals surface area contributed by atoms with Gasteiger partial charge in [0, 0.05) is 16.8 Å². The molecule has 1 saturated carbocycles. The van der Waals surface area contributed by atoms with Gasteiger partial charge in [-0.05, 0) is 56.5 Å². The second-order valence-corrected chi connectivity index (χ2v) is 7.60. The molecule has 2 fully saturated rings. The number of thiophene rings is 1. The van der Waals surface area contributed by atoms with Crippen molar-refractivity contribution in [3.8, 4) is 0 Å². The fraction of sp³-hybridized carbons (Fsp3) is 0.706. The van der Waals surface area contributed by atoms with Gasteiger partial charge in [0.1, 0.15) is 0 Å². The normalized spacial score (nSPS) is 28.4. The second-order valence-electron chi connectivity index (χ2n) is 6.62. The lowest BCUT2D eigenvalue weighted by atomic mass is 9.90. The Bertz CT molecular complexity index is 453. The molecule has 3 rings (SSSR count). The first kappa shape index (κ1) is 15.0. The van der Waals surface area contributed by atoms with Gasteiger partial charge in [-0.15, -0.1) is 11.3 Å². The highest BCUT2D eigenvalue weighted by atomic mass is 32.1. The molecule has 3 nitrogen and oxygen atoms in total. The average molecular weight is 306 g/mol. The third-order valence-corrected chi connectivity index (χ3v) is 5.97. The summed E-state index contributed by atoms with van der Waals surface area (Å²) in [7, 11) is 0. The Morgan fingerprint density at radius 2 is 2.19 bits per heavy atom. The van der Waals surface area contributed by atoms with Crippen LogP contribution in [0.5, 0.6) is 0 Å². The Kier molecular flexibility index (Phi) is 4.96. The smallest absolute Gasteiger partial charge is 0.223 e. The molecular weight excluding hydrogens is 280 g/mol. The maximum Gasteiger partial charge on any atom is 0.223 e. The van der Waals surface area contributed by atoms with Crippen molar-refractivity contribution in [2.75, 3.05) is 6.54 Å². The Labute approximate surface area is 131 Å². The second kappa shape index (κ2) is 6.93. The fourth-order valence-electron chi connectivity index (χ4n) is 3.82. The van der Waals surface area contributed by atoms with E-state index in [1.807, 2.05) is 0 Å².